The van der Waals surface area contributed by atoms with Gasteiger partial charge in [-0.15, -0.1) is 0 Å². The van der Waals surface area contributed by atoms with Crippen LogP contribution in [0.2, 0.25) is 5.02 Å². The molecule has 19 heavy (non-hydrogen) atoms. The van der Waals surface area contributed by atoms with Crippen molar-refractivity contribution in [3.63, 3.8) is 0 Å². The summed E-state index contributed by atoms with van der Waals surface area (Å²) in [7, 11) is 0. The van der Waals surface area contributed by atoms with Crippen molar-refractivity contribution in [3.05, 3.63) is 29.3 Å². The first-order valence-electron chi connectivity index (χ1n) is 6.60. The first-order chi connectivity index (χ1) is 9.15. The summed E-state index contributed by atoms with van der Waals surface area (Å²) in [6.07, 6.45) is 2.50. The fraction of sp³-hybridized carbons (Fsp3) is 0.500. The fourth-order valence-corrected chi connectivity index (χ4v) is 2.51. The van der Waals surface area contributed by atoms with Crippen molar-refractivity contribution in [1.29, 1.82) is 0 Å². The molecule has 0 bridgehead atoms. The Hall–Kier alpha value is -1.26. The summed E-state index contributed by atoms with van der Waals surface area (Å²) in [5.74, 6) is -0.809. The number of carboxylic acids is 1. The Balaban J connectivity index is 1.97. The lowest BCUT2D eigenvalue weighted by molar-refractivity contribution is -0.135. The van der Waals surface area contributed by atoms with Crippen molar-refractivity contribution in [3.8, 4) is 0 Å². The number of halogens is 1. The molecular weight excluding hydrogens is 264 g/mol. The first kappa shape index (κ1) is 14.2. The molecule has 0 aromatic heterocycles. The van der Waals surface area contributed by atoms with Gasteiger partial charge in [-0.1, -0.05) is 11.6 Å². The average Bonchev–Trinajstić information content (AvgIpc) is 2.88. The molecule has 0 spiro atoms. The highest BCUT2D eigenvalue weighted by atomic mass is 35.5. The highest BCUT2D eigenvalue weighted by Crippen LogP contribution is 2.18. The van der Waals surface area contributed by atoms with Crippen LogP contribution >= 0.6 is 11.6 Å². The van der Waals surface area contributed by atoms with Gasteiger partial charge in [-0.3, -0.25) is 4.79 Å². The minimum Gasteiger partial charge on any atom is -0.480 e. The van der Waals surface area contributed by atoms with Gasteiger partial charge in [0.1, 0.15) is 6.54 Å². The standard InChI is InChI=1S/C14H19ClN2O2/c15-12-3-5-13(6-4-12)17(11-14(18)19)10-9-16-7-1-2-8-16/h3-6H,1-2,7-11H2,(H,18,19). The van der Waals surface area contributed by atoms with Gasteiger partial charge in [-0.25, -0.2) is 0 Å². The van der Waals surface area contributed by atoms with Crippen LogP contribution < -0.4 is 4.90 Å². The number of hydrogen-bond acceptors (Lipinski definition) is 3. The molecule has 1 saturated heterocycles. The zero-order valence-electron chi connectivity index (χ0n) is 10.9. The normalized spacial score (nSPS) is 15.6. The highest BCUT2D eigenvalue weighted by Gasteiger charge is 2.15. The second-order valence-corrected chi connectivity index (χ2v) is 5.28. The van der Waals surface area contributed by atoms with E-state index >= 15 is 0 Å². The third-order valence-corrected chi connectivity index (χ3v) is 3.65. The van der Waals surface area contributed by atoms with E-state index in [0.717, 1.165) is 31.9 Å². The largest absolute Gasteiger partial charge is 0.480 e. The van der Waals surface area contributed by atoms with Gasteiger partial charge in [0.15, 0.2) is 0 Å². The van der Waals surface area contributed by atoms with Gasteiger partial charge in [0.2, 0.25) is 0 Å². The molecule has 4 nitrogen and oxygen atoms in total. The van der Waals surface area contributed by atoms with E-state index in [1.807, 2.05) is 17.0 Å². The second kappa shape index (κ2) is 6.78. The molecule has 1 fully saturated rings. The third kappa shape index (κ3) is 4.40. The van der Waals surface area contributed by atoms with E-state index < -0.39 is 5.97 Å². The van der Waals surface area contributed by atoms with Gasteiger partial charge in [-0.2, -0.15) is 0 Å². The summed E-state index contributed by atoms with van der Waals surface area (Å²) in [6.45, 7) is 3.92. The third-order valence-electron chi connectivity index (χ3n) is 3.40. The topological polar surface area (TPSA) is 43.8 Å². The van der Waals surface area contributed by atoms with Crippen LogP contribution in [0.4, 0.5) is 5.69 Å². The second-order valence-electron chi connectivity index (χ2n) is 4.84. The number of nitrogens with zero attached hydrogens (tertiary/aromatic N) is 2. The highest BCUT2D eigenvalue weighted by molar-refractivity contribution is 6.30. The maximum absolute atomic E-state index is 11.0. The SMILES string of the molecule is O=C(O)CN(CCN1CCCC1)c1ccc(Cl)cc1. The fourth-order valence-electron chi connectivity index (χ4n) is 2.38. The van der Waals surface area contributed by atoms with Crippen LogP contribution in [0.1, 0.15) is 12.8 Å². The van der Waals surface area contributed by atoms with Crippen molar-refractivity contribution in [2.45, 2.75) is 12.8 Å². The molecule has 0 aliphatic carbocycles. The van der Waals surface area contributed by atoms with Crippen molar-refractivity contribution in [1.82, 2.24) is 4.90 Å². The lowest BCUT2D eigenvalue weighted by Gasteiger charge is -2.25. The number of carbonyl (C=O) groups is 1. The Morgan fingerprint density at radius 1 is 1.26 bits per heavy atom. The van der Waals surface area contributed by atoms with Crippen LogP contribution in [0.25, 0.3) is 0 Å². The van der Waals surface area contributed by atoms with E-state index in [-0.39, 0.29) is 6.54 Å². The van der Waals surface area contributed by atoms with E-state index in [4.69, 9.17) is 16.7 Å². The number of hydrogen-bond donors (Lipinski definition) is 1. The van der Waals surface area contributed by atoms with Gasteiger partial charge in [0.05, 0.1) is 0 Å². The quantitative estimate of drug-likeness (QED) is 0.870. The maximum Gasteiger partial charge on any atom is 0.323 e. The molecule has 0 unspecified atom stereocenters. The van der Waals surface area contributed by atoms with Crippen LogP contribution in [-0.4, -0.2) is 48.7 Å². The molecule has 1 heterocycles. The first-order valence-corrected chi connectivity index (χ1v) is 6.97. The number of aliphatic carboxylic acids is 1. The molecule has 2 rings (SSSR count). The van der Waals surface area contributed by atoms with Crippen molar-refractivity contribution >= 4 is 23.3 Å². The van der Waals surface area contributed by atoms with E-state index in [1.165, 1.54) is 12.8 Å². The molecular formula is C14H19ClN2O2. The summed E-state index contributed by atoms with van der Waals surface area (Å²) < 4.78 is 0. The minimum absolute atomic E-state index is 0.0233. The Morgan fingerprint density at radius 3 is 2.47 bits per heavy atom. The molecule has 1 N–H and O–H groups in total. The monoisotopic (exact) mass is 282 g/mol. The summed E-state index contributed by atoms with van der Waals surface area (Å²) in [4.78, 5) is 15.2. The van der Waals surface area contributed by atoms with Crippen molar-refractivity contribution < 1.29 is 9.90 Å². The zero-order valence-corrected chi connectivity index (χ0v) is 11.6. The van der Waals surface area contributed by atoms with Gasteiger partial charge in [-0.05, 0) is 50.2 Å². The van der Waals surface area contributed by atoms with E-state index in [0.29, 0.717) is 5.02 Å². The summed E-state index contributed by atoms with van der Waals surface area (Å²) in [6, 6.07) is 7.33. The van der Waals surface area contributed by atoms with E-state index in [1.54, 1.807) is 12.1 Å². The summed E-state index contributed by atoms with van der Waals surface area (Å²) >= 11 is 5.86. The van der Waals surface area contributed by atoms with Gasteiger partial charge >= 0.3 is 5.97 Å². The lowest BCUT2D eigenvalue weighted by Crippen LogP contribution is -2.37. The Bertz CT molecular complexity index is 416. The number of benzene rings is 1. The summed E-state index contributed by atoms with van der Waals surface area (Å²) in [5, 5.41) is 9.68. The molecule has 104 valence electrons. The number of anilines is 1. The zero-order chi connectivity index (χ0) is 13.7. The van der Waals surface area contributed by atoms with Gasteiger partial charge < -0.3 is 14.9 Å². The minimum atomic E-state index is -0.809. The summed E-state index contributed by atoms with van der Waals surface area (Å²) in [5.41, 5.74) is 0.908. The molecule has 0 amide bonds. The van der Waals surface area contributed by atoms with Crippen LogP contribution in [0.15, 0.2) is 24.3 Å². The predicted molar refractivity (Wildman–Crippen MR) is 77.0 cm³/mol. The van der Waals surface area contributed by atoms with Crippen LogP contribution in [0.3, 0.4) is 0 Å². The van der Waals surface area contributed by atoms with E-state index in [2.05, 4.69) is 4.90 Å². The molecule has 1 aromatic carbocycles. The number of carboxylic acid groups (broad SMARTS) is 1. The Morgan fingerprint density at radius 2 is 1.89 bits per heavy atom. The average molecular weight is 283 g/mol. The van der Waals surface area contributed by atoms with E-state index in [9.17, 15) is 4.79 Å². The lowest BCUT2D eigenvalue weighted by atomic mass is 10.2. The molecule has 1 aliphatic heterocycles. The molecule has 0 atom stereocenters. The Kier molecular flexibility index (Phi) is 5.05. The molecule has 5 heteroatoms. The van der Waals surface area contributed by atoms with Crippen LogP contribution in [-0.2, 0) is 4.79 Å². The van der Waals surface area contributed by atoms with Crippen molar-refractivity contribution in [2.24, 2.45) is 0 Å². The van der Waals surface area contributed by atoms with Crippen LogP contribution in [0, 0.1) is 0 Å². The number of likely N-dealkylation sites (tertiary alicyclic amines) is 1. The van der Waals surface area contributed by atoms with Crippen LogP contribution in [0.5, 0.6) is 0 Å². The van der Waals surface area contributed by atoms with Gasteiger partial charge in [0, 0.05) is 23.8 Å². The van der Waals surface area contributed by atoms with Crippen molar-refractivity contribution in [2.75, 3.05) is 37.6 Å². The molecule has 0 radical (unpaired) electrons. The molecule has 1 aromatic rings. The number of rotatable bonds is 6. The smallest absolute Gasteiger partial charge is 0.323 e. The molecule has 1 aliphatic rings. The maximum atomic E-state index is 11.0. The Labute approximate surface area is 118 Å². The van der Waals surface area contributed by atoms with Gasteiger partial charge in [0.25, 0.3) is 0 Å². The predicted octanol–water partition coefficient (Wildman–Crippen LogP) is 2.33. The molecule has 0 saturated carbocycles.